The first-order valence-electron chi connectivity index (χ1n) is 6.29. The molecule has 0 amide bonds. The molecule has 4 heteroatoms. The summed E-state index contributed by atoms with van der Waals surface area (Å²) in [6.45, 7) is 0. The summed E-state index contributed by atoms with van der Waals surface area (Å²) < 4.78 is 0.738. The van der Waals surface area contributed by atoms with Crippen LogP contribution in [-0.2, 0) is 12.8 Å². The fourth-order valence-corrected chi connectivity index (χ4v) is 4.84. The molecule has 2 heterocycles. The molecule has 0 spiro atoms. The molecule has 0 aromatic carbocycles. The molecule has 2 aromatic rings. The topological polar surface area (TPSA) is 20.2 Å². The van der Waals surface area contributed by atoms with Crippen LogP contribution in [0.5, 0.6) is 0 Å². The van der Waals surface area contributed by atoms with Gasteiger partial charge in [-0.3, -0.25) is 0 Å². The molecule has 0 fully saturated rings. The van der Waals surface area contributed by atoms with Crippen molar-refractivity contribution in [3.8, 4) is 0 Å². The van der Waals surface area contributed by atoms with Gasteiger partial charge in [-0.15, -0.1) is 22.7 Å². The van der Waals surface area contributed by atoms with Crippen molar-refractivity contribution in [2.24, 2.45) is 0 Å². The van der Waals surface area contributed by atoms with Gasteiger partial charge < -0.3 is 5.11 Å². The van der Waals surface area contributed by atoms with E-state index in [-0.39, 0.29) is 0 Å². The molecular weight excluding hydrogens is 284 g/mol. The Kier molecular flexibility index (Phi) is 3.76. The van der Waals surface area contributed by atoms with Crippen LogP contribution in [0.15, 0.2) is 18.2 Å². The van der Waals surface area contributed by atoms with Gasteiger partial charge in [0.2, 0.25) is 0 Å². The van der Waals surface area contributed by atoms with E-state index in [9.17, 15) is 5.11 Å². The standard InChI is InChI=1S/C14H15ClOS2/c15-13-7-6-11(18-13)14(16)12-8-9-4-2-1-3-5-10(9)17-12/h6-8,14,16H,1-5H2. The number of fused-ring (bicyclic) bond motifs is 1. The van der Waals surface area contributed by atoms with E-state index in [4.69, 9.17) is 11.6 Å². The van der Waals surface area contributed by atoms with E-state index in [1.165, 1.54) is 53.9 Å². The molecule has 1 aliphatic rings. The minimum absolute atomic E-state index is 0.501. The SMILES string of the molecule is OC(c1ccc(Cl)s1)c1cc2c(s1)CCCCC2. The monoisotopic (exact) mass is 298 g/mol. The number of aliphatic hydroxyl groups excluding tert-OH is 1. The number of hydrogen-bond acceptors (Lipinski definition) is 3. The average molecular weight is 299 g/mol. The zero-order valence-corrected chi connectivity index (χ0v) is 12.4. The largest absolute Gasteiger partial charge is 0.382 e. The normalized spacial score (nSPS) is 17.2. The summed E-state index contributed by atoms with van der Waals surface area (Å²) >= 11 is 9.16. The Morgan fingerprint density at radius 1 is 1.06 bits per heavy atom. The Balaban J connectivity index is 1.88. The van der Waals surface area contributed by atoms with E-state index in [2.05, 4.69) is 6.07 Å². The molecular formula is C14H15ClOS2. The predicted molar refractivity (Wildman–Crippen MR) is 79.0 cm³/mol. The quantitative estimate of drug-likeness (QED) is 0.789. The molecule has 18 heavy (non-hydrogen) atoms. The number of thiophene rings is 2. The minimum Gasteiger partial charge on any atom is -0.382 e. The second kappa shape index (κ2) is 5.33. The average Bonchev–Trinajstić information content (AvgIpc) is 2.90. The van der Waals surface area contributed by atoms with Gasteiger partial charge >= 0.3 is 0 Å². The van der Waals surface area contributed by atoms with Crippen molar-refractivity contribution >= 4 is 34.3 Å². The fraction of sp³-hybridized carbons (Fsp3) is 0.429. The van der Waals surface area contributed by atoms with Crippen molar-refractivity contribution in [3.63, 3.8) is 0 Å². The van der Waals surface area contributed by atoms with E-state index in [1.54, 1.807) is 11.3 Å². The second-order valence-corrected chi connectivity index (χ2v) is 7.62. The van der Waals surface area contributed by atoms with Gasteiger partial charge in [-0.2, -0.15) is 0 Å². The van der Waals surface area contributed by atoms with E-state index in [1.807, 2.05) is 12.1 Å². The zero-order chi connectivity index (χ0) is 12.5. The molecule has 0 saturated carbocycles. The highest BCUT2D eigenvalue weighted by Crippen LogP contribution is 2.37. The van der Waals surface area contributed by atoms with Crippen molar-refractivity contribution in [2.45, 2.75) is 38.2 Å². The number of halogens is 1. The summed E-state index contributed by atoms with van der Waals surface area (Å²) in [4.78, 5) is 3.49. The van der Waals surface area contributed by atoms with Crippen LogP contribution >= 0.6 is 34.3 Å². The first-order chi connectivity index (χ1) is 8.74. The zero-order valence-electron chi connectivity index (χ0n) is 9.99. The van der Waals surface area contributed by atoms with Crippen molar-refractivity contribution in [1.82, 2.24) is 0 Å². The van der Waals surface area contributed by atoms with Crippen LogP contribution in [0.3, 0.4) is 0 Å². The van der Waals surface area contributed by atoms with Crippen LogP contribution in [0.25, 0.3) is 0 Å². The maximum absolute atomic E-state index is 10.4. The molecule has 2 aromatic heterocycles. The van der Waals surface area contributed by atoms with Gasteiger partial charge in [-0.05, 0) is 49.4 Å². The van der Waals surface area contributed by atoms with Gasteiger partial charge in [-0.25, -0.2) is 0 Å². The number of aliphatic hydroxyl groups is 1. The van der Waals surface area contributed by atoms with Gasteiger partial charge in [0.1, 0.15) is 6.10 Å². The van der Waals surface area contributed by atoms with Crippen molar-refractivity contribution in [2.75, 3.05) is 0 Å². The molecule has 96 valence electrons. The number of rotatable bonds is 2. The Morgan fingerprint density at radius 3 is 2.67 bits per heavy atom. The van der Waals surface area contributed by atoms with Gasteiger partial charge in [0.25, 0.3) is 0 Å². The Morgan fingerprint density at radius 2 is 1.89 bits per heavy atom. The fourth-order valence-electron chi connectivity index (χ4n) is 2.44. The van der Waals surface area contributed by atoms with Crippen LogP contribution in [0.4, 0.5) is 0 Å². The van der Waals surface area contributed by atoms with Gasteiger partial charge in [-0.1, -0.05) is 18.0 Å². The summed E-state index contributed by atoms with van der Waals surface area (Å²) in [7, 11) is 0. The lowest BCUT2D eigenvalue weighted by atomic mass is 10.1. The molecule has 0 radical (unpaired) electrons. The Hall–Kier alpha value is -0.350. The first-order valence-corrected chi connectivity index (χ1v) is 8.30. The molecule has 1 nitrogen and oxygen atoms in total. The molecule has 0 bridgehead atoms. The summed E-state index contributed by atoms with van der Waals surface area (Å²) in [5, 5.41) is 10.4. The highest BCUT2D eigenvalue weighted by atomic mass is 35.5. The van der Waals surface area contributed by atoms with E-state index in [0.29, 0.717) is 0 Å². The lowest BCUT2D eigenvalue weighted by Gasteiger charge is -2.05. The van der Waals surface area contributed by atoms with Crippen LogP contribution in [0, 0.1) is 0 Å². The summed E-state index contributed by atoms with van der Waals surface area (Å²) in [5.41, 5.74) is 1.45. The Labute approximate surface area is 120 Å². The molecule has 1 N–H and O–H groups in total. The third-order valence-corrected chi connectivity index (χ3v) is 5.97. The highest BCUT2D eigenvalue weighted by Gasteiger charge is 2.19. The lowest BCUT2D eigenvalue weighted by Crippen LogP contribution is -1.93. The summed E-state index contributed by atoms with van der Waals surface area (Å²) in [5.74, 6) is 0. The summed E-state index contributed by atoms with van der Waals surface area (Å²) in [6.07, 6.45) is 5.75. The predicted octanol–water partition coefficient (Wildman–Crippen LogP) is 4.81. The van der Waals surface area contributed by atoms with Gasteiger partial charge in [0.15, 0.2) is 0 Å². The van der Waals surface area contributed by atoms with Crippen LogP contribution in [0.1, 0.15) is 45.6 Å². The second-order valence-electron chi connectivity index (χ2n) is 4.70. The van der Waals surface area contributed by atoms with Gasteiger partial charge in [0.05, 0.1) is 4.34 Å². The lowest BCUT2D eigenvalue weighted by molar-refractivity contribution is 0.228. The smallest absolute Gasteiger partial charge is 0.122 e. The van der Waals surface area contributed by atoms with E-state index in [0.717, 1.165) is 14.1 Å². The highest BCUT2D eigenvalue weighted by molar-refractivity contribution is 7.16. The number of aryl methyl sites for hydroxylation is 2. The van der Waals surface area contributed by atoms with Crippen molar-refractivity contribution < 1.29 is 5.11 Å². The maximum atomic E-state index is 10.4. The van der Waals surface area contributed by atoms with Gasteiger partial charge in [0, 0.05) is 14.6 Å². The third kappa shape index (κ3) is 2.50. The first kappa shape index (κ1) is 12.7. The molecule has 1 unspecified atom stereocenters. The van der Waals surface area contributed by atoms with Crippen LogP contribution in [0.2, 0.25) is 4.34 Å². The summed E-state index contributed by atoms with van der Waals surface area (Å²) in [6, 6.07) is 5.97. The molecule has 1 atom stereocenters. The van der Waals surface area contributed by atoms with E-state index >= 15 is 0 Å². The molecule has 3 rings (SSSR count). The van der Waals surface area contributed by atoms with Crippen LogP contribution < -0.4 is 0 Å². The Bertz CT molecular complexity index is 520. The van der Waals surface area contributed by atoms with E-state index < -0.39 is 6.10 Å². The third-order valence-electron chi connectivity index (χ3n) is 3.40. The maximum Gasteiger partial charge on any atom is 0.122 e. The van der Waals surface area contributed by atoms with Crippen molar-refractivity contribution in [3.05, 3.63) is 42.7 Å². The number of hydrogen-bond donors (Lipinski definition) is 1. The molecule has 0 saturated heterocycles. The van der Waals surface area contributed by atoms with Crippen LogP contribution in [-0.4, -0.2) is 5.11 Å². The molecule has 1 aliphatic carbocycles. The van der Waals surface area contributed by atoms with Crippen molar-refractivity contribution in [1.29, 1.82) is 0 Å². The molecule has 0 aliphatic heterocycles. The minimum atomic E-state index is -0.501.